The number of rotatable bonds is 4. The quantitative estimate of drug-likeness (QED) is 0.723. The smallest absolute Gasteiger partial charge is 0.122 e. The number of hydrogen-bond donors (Lipinski definition) is 0. The third kappa shape index (κ3) is 2.80. The molecule has 0 N–H and O–H groups in total. The van der Waals surface area contributed by atoms with E-state index >= 15 is 0 Å². The molecule has 0 amide bonds. The van der Waals surface area contributed by atoms with Gasteiger partial charge >= 0.3 is 0 Å². The molecule has 0 saturated carbocycles. The number of ether oxygens (including phenoxy) is 2. The molecule has 25 heavy (non-hydrogen) atoms. The van der Waals surface area contributed by atoms with Gasteiger partial charge in [-0.15, -0.1) is 0 Å². The van der Waals surface area contributed by atoms with Crippen molar-refractivity contribution in [3.8, 4) is 17.2 Å². The molecule has 4 heteroatoms. The van der Waals surface area contributed by atoms with Crippen LogP contribution in [0.1, 0.15) is 16.8 Å². The van der Waals surface area contributed by atoms with Crippen molar-refractivity contribution in [2.75, 3.05) is 14.2 Å². The van der Waals surface area contributed by atoms with Crippen LogP contribution in [0.25, 0.3) is 5.69 Å². The van der Waals surface area contributed by atoms with Crippen LogP contribution in [0.4, 0.5) is 0 Å². The first-order chi connectivity index (χ1) is 12.3. The molecule has 0 bridgehead atoms. The zero-order chi connectivity index (χ0) is 17.2. The molecule has 2 heterocycles. The largest absolute Gasteiger partial charge is 0.497 e. The number of nitrogens with zero attached hydrogens (tertiary/aromatic N) is 2. The topological polar surface area (TPSA) is 35.8 Å². The number of fused-ring (bicyclic) bond motifs is 3. The van der Waals surface area contributed by atoms with Crippen LogP contribution in [-0.4, -0.2) is 24.5 Å². The molecule has 126 valence electrons. The highest BCUT2D eigenvalue weighted by atomic mass is 16.5. The molecule has 0 atom stereocenters. The van der Waals surface area contributed by atoms with Gasteiger partial charge in [0.05, 0.1) is 37.9 Å². The van der Waals surface area contributed by atoms with E-state index in [1.807, 2.05) is 18.2 Å². The predicted octanol–water partition coefficient (Wildman–Crippen LogP) is 4.04. The molecule has 4 rings (SSSR count). The maximum absolute atomic E-state index is 5.53. The van der Waals surface area contributed by atoms with Gasteiger partial charge in [0.15, 0.2) is 0 Å². The van der Waals surface area contributed by atoms with Gasteiger partial charge in [-0.1, -0.05) is 18.2 Å². The maximum atomic E-state index is 5.53. The van der Waals surface area contributed by atoms with Crippen LogP contribution in [0.15, 0.2) is 65.8 Å². The molecule has 2 aromatic carbocycles. The number of aliphatic imine (C=N–C) groups is 1. The van der Waals surface area contributed by atoms with E-state index in [1.54, 1.807) is 14.2 Å². The minimum atomic E-state index is 0.680. The Bertz CT molecular complexity index is 941. The van der Waals surface area contributed by atoms with Crippen LogP contribution in [-0.2, 0) is 13.0 Å². The summed E-state index contributed by atoms with van der Waals surface area (Å²) in [6, 6.07) is 18.5. The van der Waals surface area contributed by atoms with Crippen LogP contribution in [0, 0.1) is 0 Å². The van der Waals surface area contributed by atoms with Gasteiger partial charge in [0, 0.05) is 18.2 Å². The summed E-state index contributed by atoms with van der Waals surface area (Å²) in [4.78, 5) is 4.90. The Morgan fingerprint density at radius 1 is 1.00 bits per heavy atom. The SMILES string of the molecule is COc1ccc(OC)c(CC2=NCc3ccccc3-n3cccc32)c1. The van der Waals surface area contributed by atoms with Gasteiger partial charge in [-0.2, -0.15) is 0 Å². The summed E-state index contributed by atoms with van der Waals surface area (Å²) >= 11 is 0. The molecule has 1 aromatic heterocycles. The molecule has 1 aliphatic rings. The summed E-state index contributed by atoms with van der Waals surface area (Å²) in [6.07, 6.45) is 2.79. The van der Waals surface area contributed by atoms with Gasteiger partial charge in [0.1, 0.15) is 11.5 Å². The van der Waals surface area contributed by atoms with Crippen molar-refractivity contribution >= 4 is 5.71 Å². The Balaban J connectivity index is 1.77. The molecule has 1 aliphatic heterocycles. The molecule has 0 spiro atoms. The minimum absolute atomic E-state index is 0.680. The Morgan fingerprint density at radius 2 is 1.88 bits per heavy atom. The summed E-state index contributed by atoms with van der Waals surface area (Å²) in [7, 11) is 3.37. The van der Waals surface area contributed by atoms with Gasteiger partial charge in [-0.25, -0.2) is 0 Å². The normalized spacial score (nSPS) is 12.6. The Kier molecular flexibility index (Phi) is 4.02. The maximum Gasteiger partial charge on any atom is 0.122 e. The second-order valence-corrected chi connectivity index (χ2v) is 6.01. The van der Waals surface area contributed by atoms with Crippen molar-refractivity contribution < 1.29 is 9.47 Å². The van der Waals surface area contributed by atoms with E-state index in [0.717, 1.165) is 28.5 Å². The van der Waals surface area contributed by atoms with E-state index < -0.39 is 0 Å². The average Bonchev–Trinajstić information content (AvgIpc) is 3.09. The van der Waals surface area contributed by atoms with Gasteiger partial charge in [-0.05, 0) is 42.0 Å². The van der Waals surface area contributed by atoms with Crippen molar-refractivity contribution in [2.45, 2.75) is 13.0 Å². The van der Waals surface area contributed by atoms with Gasteiger partial charge in [0.2, 0.25) is 0 Å². The number of benzene rings is 2. The lowest BCUT2D eigenvalue weighted by molar-refractivity contribution is 0.400. The monoisotopic (exact) mass is 332 g/mol. The third-order valence-corrected chi connectivity index (χ3v) is 4.58. The lowest BCUT2D eigenvalue weighted by Crippen LogP contribution is -2.10. The zero-order valence-corrected chi connectivity index (χ0v) is 14.4. The first kappa shape index (κ1) is 15.5. The summed E-state index contributed by atoms with van der Waals surface area (Å²) in [5.74, 6) is 1.67. The van der Waals surface area contributed by atoms with Gasteiger partial charge < -0.3 is 14.0 Å². The van der Waals surface area contributed by atoms with E-state index in [1.165, 1.54) is 11.3 Å². The lowest BCUT2D eigenvalue weighted by Gasteiger charge is -2.13. The van der Waals surface area contributed by atoms with Crippen LogP contribution in [0.2, 0.25) is 0 Å². The molecular weight excluding hydrogens is 312 g/mol. The Morgan fingerprint density at radius 3 is 2.72 bits per heavy atom. The fraction of sp³-hybridized carbons (Fsp3) is 0.190. The van der Waals surface area contributed by atoms with Crippen molar-refractivity contribution in [3.63, 3.8) is 0 Å². The van der Waals surface area contributed by atoms with Gasteiger partial charge in [-0.3, -0.25) is 4.99 Å². The predicted molar refractivity (Wildman–Crippen MR) is 99.3 cm³/mol. The highest BCUT2D eigenvalue weighted by Crippen LogP contribution is 2.28. The van der Waals surface area contributed by atoms with Crippen LogP contribution in [0.5, 0.6) is 11.5 Å². The van der Waals surface area contributed by atoms with Crippen molar-refractivity contribution in [1.82, 2.24) is 4.57 Å². The van der Waals surface area contributed by atoms with E-state index in [9.17, 15) is 0 Å². The van der Waals surface area contributed by atoms with Crippen molar-refractivity contribution in [2.24, 2.45) is 4.99 Å². The molecule has 0 saturated heterocycles. The third-order valence-electron chi connectivity index (χ3n) is 4.58. The minimum Gasteiger partial charge on any atom is -0.497 e. The fourth-order valence-electron chi connectivity index (χ4n) is 3.31. The van der Waals surface area contributed by atoms with Crippen molar-refractivity contribution in [1.29, 1.82) is 0 Å². The summed E-state index contributed by atoms with van der Waals surface area (Å²) in [5, 5.41) is 0. The van der Waals surface area contributed by atoms with Crippen LogP contribution < -0.4 is 9.47 Å². The molecular formula is C21H20N2O2. The van der Waals surface area contributed by atoms with Gasteiger partial charge in [0.25, 0.3) is 0 Å². The highest BCUT2D eigenvalue weighted by Gasteiger charge is 2.18. The first-order valence-electron chi connectivity index (χ1n) is 8.30. The second kappa shape index (κ2) is 6.48. The van der Waals surface area contributed by atoms with E-state index in [0.29, 0.717) is 13.0 Å². The molecule has 0 fully saturated rings. The Hall–Kier alpha value is -3.01. The fourth-order valence-corrected chi connectivity index (χ4v) is 3.31. The number of hydrogen-bond acceptors (Lipinski definition) is 3. The van der Waals surface area contributed by atoms with E-state index in [-0.39, 0.29) is 0 Å². The van der Waals surface area contributed by atoms with Crippen molar-refractivity contribution in [3.05, 3.63) is 77.6 Å². The summed E-state index contributed by atoms with van der Waals surface area (Å²) in [6.45, 7) is 0.680. The van der Waals surface area contributed by atoms with E-state index in [4.69, 9.17) is 14.5 Å². The second-order valence-electron chi connectivity index (χ2n) is 6.01. The molecule has 0 aliphatic carbocycles. The molecule has 3 aromatic rings. The molecule has 4 nitrogen and oxygen atoms in total. The standard InChI is InChI=1S/C21H20N2O2/c1-24-17-9-10-21(25-2)16(12-17)13-18-20-8-5-11-23(20)19-7-4-3-6-15(19)14-22-18/h3-12H,13-14H2,1-2H3. The average molecular weight is 332 g/mol. The summed E-state index contributed by atoms with van der Waals surface area (Å²) < 4.78 is 13.1. The van der Waals surface area contributed by atoms with Crippen LogP contribution in [0.3, 0.4) is 0 Å². The zero-order valence-electron chi connectivity index (χ0n) is 14.4. The molecule has 0 unspecified atom stereocenters. The highest BCUT2D eigenvalue weighted by molar-refractivity contribution is 6.02. The van der Waals surface area contributed by atoms with Crippen LogP contribution >= 0.6 is 0 Å². The summed E-state index contributed by atoms with van der Waals surface area (Å²) in [5.41, 5.74) is 5.66. The molecule has 0 radical (unpaired) electrons. The number of para-hydroxylation sites is 1. The first-order valence-corrected chi connectivity index (χ1v) is 8.30. The number of methoxy groups -OCH3 is 2. The van der Waals surface area contributed by atoms with E-state index in [2.05, 4.69) is 47.2 Å². The Labute approximate surface area is 147 Å². The number of aromatic nitrogens is 1. The lowest BCUT2D eigenvalue weighted by atomic mass is 10.0.